The Morgan fingerprint density at radius 3 is 0.667 bits per heavy atom. The van der Waals surface area contributed by atoms with Crippen LogP contribution in [0, 0.1) is 0 Å². The molecule has 0 heterocycles. The van der Waals surface area contributed by atoms with Crippen LogP contribution in [0.25, 0.3) is 0 Å². The van der Waals surface area contributed by atoms with E-state index in [1.54, 1.807) is 51.4 Å². The van der Waals surface area contributed by atoms with Crippen LogP contribution in [-0.2, 0) is 20.4 Å². The fourth-order valence-corrected chi connectivity index (χ4v) is 10.0. The van der Waals surface area contributed by atoms with Crippen LogP contribution in [-0.4, -0.2) is 22.6 Å². The van der Waals surface area contributed by atoms with Crippen LogP contribution in [0.3, 0.4) is 0 Å². The molecule has 0 radical (unpaired) electrons. The van der Waals surface area contributed by atoms with Gasteiger partial charge in [0.2, 0.25) is 0 Å². The standard InChI is InChI=1S/2C12H23P.Pd/c2*1-3-7-11(8-4-1)13-12-9-5-2-6-10-12;/h2*11-13H,1-10H2;. The first-order valence-corrected chi connectivity index (χ1v) is 14.7. The van der Waals surface area contributed by atoms with E-state index in [0.717, 1.165) is 22.6 Å². The van der Waals surface area contributed by atoms with Gasteiger partial charge in [-0.2, -0.15) is 0 Å². The van der Waals surface area contributed by atoms with Crippen molar-refractivity contribution in [3.63, 3.8) is 0 Å². The van der Waals surface area contributed by atoms with Gasteiger partial charge in [0.25, 0.3) is 0 Å². The second-order valence-electron chi connectivity index (χ2n) is 9.67. The Balaban J connectivity index is 0.000000187. The van der Waals surface area contributed by atoms with Crippen molar-refractivity contribution in [3.8, 4) is 0 Å². The molecular weight excluding hydrogens is 457 g/mol. The van der Waals surface area contributed by atoms with Gasteiger partial charge in [0.15, 0.2) is 0 Å². The molecule has 0 unspecified atom stereocenters. The van der Waals surface area contributed by atoms with Crippen LogP contribution in [0.1, 0.15) is 128 Å². The van der Waals surface area contributed by atoms with Gasteiger partial charge in [-0.25, -0.2) is 0 Å². The first-order chi connectivity index (χ1) is 12.9. The summed E-state index contributed by atoms with van der Waals surface area (Å²) in [6, 6.07) is 0. The molecule has 27 heavy (non-hydrogen) atoms. The zero-order valence-corrected chi connectivity index (χ0v) is 21.3. The normalized spacial score (nSPS) is 26.7. The fourth-order valence-electron chi connectivity index (χ4n) is 5.74. The first kappa shape index (κ1) is 24.8. The maximum Gasteiger partial charge on any atom is 0 e. The van der Waals surface area contributed by atoms with Gasteiger partial charge < -0.3 is 0 Å². The Kier molecular flexibility index (Phi) is 14.1. The summed E-state index contributed by atoms with van der Waals surface area (Å²) < 4.78 is 0. The van der Waals surface area contributed by atoms with Gasteiger partial charge in [-0.15, -0.1) is 17.2 Å². The summed E-state index contributed by atoms with van der Waals surface area (Å²) in [5.74, 6) is 0. The number of hydrogen-bond donors (Lipinski definition) is 0. The largest absolute Gasteiger partial charge is 0.116 e. The summed E-state index contributed by atoms with van der Waals surface area (Å²) in [5.41, 5.74) is 4.60. The average molecular weight is 503 g/mol. The van der Waals surface area contributed by atoms with Crippen LogP contribution in [0.2, 0.25) is 0 Å². The molecule has 4 rings (SSSR count). The van der Waals surface area contributed by atoms with Crippen molar-refractivity contribution in [2.24, 2.45) is 0 Å². The molecule has 0 spiro atoms. The van der Waals surface area contributed by atoms with Crippen molar-refractivity contribution in [1.29, 1.82) is 0 Å². The van der Waals surface area contributed by atoms with Crippen LogP contribution in [0.4, 0.5) is 0 Å². The zero-order valence-electron chi connectivity index (χ0n) is 17.8. The fraction of sp³-hybridized carbons (Fsp3) is 1.00. The van der Waals surface area contributed by atoms with Crippen LogP contribution in [0.15, 0.2) is 0 Å². The molecule has 0 N–H and O–H groups in total. The van der Waals surface area contributed by atoms with Crippen molar-refractivity contribution < 1.29 is 20.4 Å². The van der Waals surface area contributed by atoms with Crippen molar-refractivity contribution >= 4 is 17.2 Å². The smallest absolute Gasteiger partial charge is 0 e. The third-order valence-corrected chi connectivity index (χ3v) is 11.6. The molecule has 0 aromatic carbocycles. The van der Waals surface area contributed by atoms with E-state index in [1.807, 2.05) is 0 Å². The van der Waals surface area contributed by atoms with Gasteiger partial charge in [0, 0.05) is 20.4 Å². The molecule has 0 atom stereocenters. The minimum Gasteiger partial charge on any atom is -0.116 e. The third kappa shape index (κ3) is 10.4. The van der Waals surface area contributed by atoms with E-state index < -0.39 is 0 Å². The Hall–Kier alpha value is 1.52. The number of rotatable bonds is 4. The van der Waals surface area contributed by atoms with Crippen molar-refractivity contribution in [2.75, 3.05) is 0 Å². The molecular formula is C24H46P2Pd. The maximum atomic E-state index is 1.56. The average Bonchev–Trinajstić information content (AvgIpc) is 2.72. The molecule has 0 aromatic rings. The first-order valence-electron chi connectivity index (χ1n) is 12.4. The van der Waals surface area contributed by atoms with Crippen molar-refractivity contribution in [2.45, 2.75) is 151 Å². The molecule has 4 aliphatic carbocycles. The second kappa shape index (κ2) is 15.3. The third-order valence-electron chi connectivity index (χ3n) is 7.36. The predicted octanol–water partition coefficient (Wildman–Crippen LogP) is 8.66. The molecule has 0 amide bonds. The van der Waals surface area contributed by atoms with E-state index in [0.29, 0.717) is 0 Å². The summed E-state index contributed by atoms with van der Waals surface area (Å²) in [6.07, 6.45) is 30.9. The topological polar surface area (TPSA) is 0 Å². The van der Waals surface area contributed by atoms with Gasteiger partial charge >= 0.3 is 0 Å². The van der Waals surface area contributed by atoms with E-state index in [-0.39, 0.29) is 20.4 Å². The molecule has 0 bridgehead atoms. The SMILES string of the molecule is C1CCC(PC2CCCCC2)CC1.C1CCC(PC2CCCCC2)CC1.[Pd]. The van der Waals surface area contributed by atoms with Crippen molar-refractivity contribution in [1.82, 2.24) is 0 Å². The Morgan fingerprint density at radius 2 is 0.481 bits per heavy atom. The Morgan fingerprint density at radius 1 is 0.296 bits per heavy atom. The quantitative estimate of drug-likeness (QED) is 0.266. The molecule has 162 valence electrons. The Bertz CT molecular complexity index is 272. The molecule has 0 aromatic heterocycles. The van der Waals surface area contributed by atoms with Gasteiger partial charge in [-0.1, -0.05) is 77.0 Å². The summed E-state index contributed by atoms with van der Waals surface area (Å²) in [5, 5.41) is 0. The van der Waals surface area contributed by atoms with Crippen LogP contribution >= 0.6 is 17.2 Å². The van der Waals surface area contributed by atoms with E-state index in [9.17, 15) is 0 Å². The zero-order chi connectivity index (χ0) is 17.9. The molecule has 3 heteroatoms. The Labute approximate surface area is 188 Å². The second-order valence-corrected chi connectivity index (χ2v) is 13.6. The van der Waals surface area contributed by atoms with Crippen LogP contribution in [0.5, 0.6) is 0 Å². The molecule has 4 fully saturated rings. The summed E-state index contributed by atoms with van der Waals surface area (Å²) >= 11 is 0. The van der Waals surface area contributed by atoms with E-state index in [4.69, 9.17) is 0 Å². The monoisotopic (exact) mass is 502 g/mol. The van der Waals surface area contributed by atoms with Gasteiger partial charge in [-0.05, 0) is 74.0 Å². The summed E-state index contributed by atoms with van der Waals surface area (Å²) in [4.78, 5) is 0. The minimum absolute atomic E-state index is 0. The van der Waals surface area contributed by atoms with E-state index in [2.05, 4.69) is 0 Å². The van der Waals surface area contributed by atoms with Gasteiger partial charge in [0.05, 0.1) is 0 Å². The molecule has 0 aliphatic heterocycles. The van der Waals surface area contributed by atoms with Gasteiger partial charge in [0.1, 0.15) is 0 Å². The van der Waals surface area contributed by atoms with Gasteiger partial charge in [-0.3, -0.25) is 0 Å². The van der Waals surface area contributed by atoms with Crippen LogP contribution < -0.4 is 0 Å². The summed E-state index contributed by atoms with van der Waals surface area (Å²) in [6.45, 7) is 0. The maximum absolute atomic E-state index is 1.56. The molecule has 4 saturated carbocycles. The van der Waals surface area contributed by atoms with E-state index >= 15 is 0 Å². The number of hydrogen-bond acceptors (Lipinski definition) is 0. The molecule has 0 nitrogen and oxygen atoms in total. The van der Waals surface area contributed by atoms with E-state index in [1.165, 1.54) is 94.2 Å². The summed E-state index contributed by atoms with van der Waals surface area (Å²) in [7, 11) is 2.66. The molecule has 4 aliphatic rings. The minimum atomic E-state index is 0. The van der Waals surface area contributed by atoms with Crippen molar-refractivity contribution in [3.05, 3.63) is 0 Å². The molecule has 0 saturated heterocycles. The predicted molar refractivity (Wildman–Crippen MR) is 124 cm³/mol.